The molecule has 0 spiro atoms. The van der Waals surface area contributed by atoms with E-state index in [0.717, 1.165) is 29.2 Å². The van der Waals surface area contributed by atoms with E-state index in [4.69, 9.17) is 0 Å². The molecule has 1 unspecified atom stereocenters. The number of rotatable bonds is 5. The summed E-state index contributed by atoms with van der Waals surface area (Å²) in [5.74, 6) is 0. The van der Waals surface area contributed by atoms with Crippen LogP contribution in [-0.2, 0) is 12.6 Å². The Bertz CT molecular complexity index is 520. The number of aromatic nitrogens is 1. The van der Waals surface area contributed by atoms with Gasteiger partial charge >= 0.3 is 6.18 Å². The summed E-state index contributed by atoms with van der Waals surface area (Å²) in [6, 6.07) is 5.30. The lowest BCUT2D eigenvalue weighted by Gasteiger charge is -2.18. The summed E-state index contributed by atoms with van der Waals surface area (Å²) in [4.78, 5) is 4.22. The van der Waals surface area contributed by atoms with E-state index in [1.54, 1.807) is 17.5 Å². The summed E-state index contributed by atoms with van der Waals surface area (Å²) in [7, 11) is 0. The summed E-state index contributed by atoms with van der Waals surface area (Å²) in [5.41, 5.74) is 0.223. The Morgan fingerprint density at radius 1 is 1.25 bits per heavy atom. The minimum atomic E-state index is -4.29. The van der Waals surface area contributed by atoms with Gasteiger partial charge in [0.25, 0.3) is 0 Å². The first-order valence-corrected chi connectivity index (χ1v) is 7.17. The molecule has 1 atom stereocenters. The fourth-order valence-electron chi connectivity index (χ4n) is 1.99. The van der Waals surface area contributed by atoms with E-state index in [0.29, 0.717) is 6.42 Å². The highest BCUT2D eigenvalue weighted by Gasteiger charge is 2.30. The van der Waals surface area contributed by atoms with Crippen molar-refractivity contribution < 1.29 is 13.2 Å². The predicted octanol–water partition coefficient (Wildman–Crippen LogP) is 4.06. The molecule has 0 aliphatic rings. The summed E-state index contributed by atoms with van der Waals surface area (Å²) < 4.78 is 37.6. The summed E-state index contributed by atoms with van der Waals surface area (Å²) in [5, 5.41) is 6.14. The zero-order valence-corrected chi connectivity index (χ0v) is 11.8. The highest BCUT2D eigenvalue weighted by atomic mass is 32.1. The first-order valence-electron chi connectivity index (χ1n) is 6.29. The van der Waals surface area contributed by atoms with Crippen LogP contribution in [0.5, 0.6) is 0 Å². The molecular formula is C14H15F3N2S. The first kappa shape index (κ1) is 15.0. The molecular weight excluding hydrogens is 285 g/mol. The van der Waals surface area contributed by atoms with Gasteiger partial charge in [-0.15, -0.1) is 11.3 Å². The van der Waals surface area contributed by atoms with Crippen LogP contribution in [0.25, 0.3) is 0 Å². The van der Waals surface area contributed by atoms with Gasteiger partial charge in [-0.25, -0.2) is 4.98 Å². The maximum Gasteiger partial charge on any atom is 0.416 e. The van der Waals surface area contributed by atoms with E-state index >= 15 is 0 Å². The van der Waals surface area contributed by atoms with Crippen LogP contribution in [0.15, 0.2) is 35.8 Å². The molecule has 0 fully saturated rings. The Morgan fingerprint density at radius 3 is 2.45 bits per heavy atom. The molecule has 1 aromatic carbocycles. The molecule has 2 rings (SSSR count). The monoisotopic (exact) mass is 300 g/mol. The summed E-state index contributed by atoms with van der Waals surface area (Å²) in [6.45, 7) is 2.72. The number of hydrogen-bond acceptors (Lipinski definition) is 3. The molecule has 0 amide bonds. The number of benzene rings is 1. The Kier molecular flexibility index (Phi) is 4.77. The highest BCUT2D eigenvalue weighted by molar-refractivity contribution is 7.09. The van der Waals surface area contributed by atoms with Crippen LogP contribution in [0.3, 0.4) is 0 Å². The second kappa shape index (κ2) is 6.37. The van der Waals surface area contributed by atoms with Crippen LogP contribution in [-0.4, -0.2) is 11.5 Å². The molecule has 108 valence electrons. The summed E-state index contributed by atoms with van der Waals surface area (Å²) >= 11 is 1.55. The molecule has 2 nitrogen and oxygen atoms in total. The Morgan fingerprint density at radius 2 is 1.95 bits per heavy atom. The van der Waals surface area contributed by atoms with Crippen molar-refractivity contribution in [3.05, 3.63) is 52.0 Å². The highest BCUT2D eigenvalue weighted by Crippen LogP contribution is 2.30. The molecule has 20 heavy (non-hydrogen) atoms. The molecule has 0 aliphatic carbocycles. The number of hydrogen-bond donors (Lipinski definition) is 1. The van der Waals surface area contributed by atoms with Crippen molar-refractivity contribution in [3.63, 3.8) is 0 Å². The van der Waals surface area contributed by atoms with E-state index < -0.39 is 11.7 Å². The van der Waals surface area contributed by atoms with Crippen molar-refractivity contribution in [2.45, 2.75) is 25.6 Å². The van der Waals surface area contributed by atoms with Crippen LogP contribution in [0, 0.1) is 0 Å². The second-order valence-electron chi connectivity index (χ2n) is 4.36. The normalized spacial score (nSPS) is 13.4. The third-order valence-corrected chi connectivity index (χ3v) is 3.76. The minimum absolute atomic E-state index is 0.0200. The number of thiazole rings is 1. The van der Waals surface area contributed by atoms with Crippen molar-refractivity contribution in [2.75, 3.05) is 6.54 Å². The number of likely N-dealkylation sites (N-methyl/N-ethyl adjacent to an activating group) is 1. The fraction of sp³-hybridized carbons (Fsp3) is 0.357. The molecule has 1 N–H and O–H groups in total. The molecule has 2 aromatic rings. The Labute approximate surface area is 119 Å². The fourth-order valence-corrected chi connectivity index (χ4v) is 2.65. The van der Waals surface area contributed by atoms with Gasteiger partial charge in [0.2, 0.25) is 0 Å². The van der Waals surface area contributed by atoms with Crippen molar-refractivity contribution in [2.24, 2.45) is 0 Å². The average molecular weight is 300 g/mol. The number of halogens is 3. The smallest absolute Gasteiger partial charge is 0.310 e. The molecule has 0 saturated carbocycles. The maximum absolute atomic E-state index is 12.5. The topological polar surface area (TPSA) is 24.9 Å². The lowest BCUT2D eigenvalue weighted by atomic mass is 10.0. The first-order chi connectivity index (χ1) is 9.50. The van der Waals surface area contributed by atoms with Crippen molar-refractivity contribution in [3.8, 4) is 0 Å². The van der Waals surface area contributed by atoms with Gasteiger partial charge in [0.15, 0.2) is 0 Å². The van der Waals surface area contributed by atoms with E-state index in [1.807, 2.05) is 12.3 Å². The molecule has 6 heteroatoms. The molecule has 0 aliphatic heterocycles. The van der Waals surface area contributed by atoms with Crippen molar-refractivity contribution in [1.82, 2.24) is 10.3 Å². The number of alkyl halides is 3. The maximum atomic E-state index is 12.5. The van der Waals surface area contributed by atoms with E-state index in [-0.39, 0.29) is 6.04 Å². The minimum Gasteiger partial charge on any atom is -0.310 e. The number of nitrogens with one attached hydrogen (secondary N) is 1. The third kappa shape index (κ3) is 3.80. The lowest BCUT2D eigenvalue weighted by molar-refractivity contribution is -0.137. The van der Waals surface area contributed by atoms with Gasteiger partial charge in [-0.2, -0.15) is 13.2 Å². The van der Waals surface area contributed by atoms with Crippen LogP contribution in [0.4, 0.5) is 13.2 Å². The van der Waals surface area contributed by atoms with Gasteiger partial charge in [0, 0.05) is 24.0 Å². The number of nitrogens with zero attached hydrogens (tertiary/aromatic N) is 1. The molecule has 0 saturated heterocycles. The average Bonchev–Trinajstić information content (AvgIpc) is 2.90. The van der Waals surface area contributed by atoms with Gasteiger partial charge in [-0.1, -0.05) is 19.1 Å². The lowest BCUT2D eigenvalue weighted by Crippen LogP contribution is -2.23. The zero-order valence-electron chi connectivity index (χ0n) is 10.9. The predicted molar refractivity (Wildman–Crippen MR) is 73.7 cm³/mol. The van der Waals surface area contributed by atoms with Gasteiger partial charge in [-0.3, -0.25) is 0 Å². The molecule has 1 heterocycles. The van der Waals surface area contributed by atoms with Gasteiger partial charge < -0.3 is 5.32 Å². The SMILES string of the molecule is CCNC(Cc1nccs1)c1ccc(C(F)(F)F)cc1. The standard InChI is InChI=1S/C14H15F3N2S/c1-2-18-12(9-13-19-7-8-20-13)10-3-5-11(6-4-10)14(15,16)17/h3-8,12,18H,2,9H2,1H3. The van der Waals surface area contributed by atoms with Crippen LogP contribution < -0.4 is 5.32 Å². The van der Waals surface area contributed by atoms with Gasteiger partial charge in [0.05, 0.1) is 10.6 Å². The van der Waals surface area contributed by atoms with Crippen molar-refractivity contribution in [1.29, 1.82) is 0 Å². The molecule has 1 aromatic heterocycles. The van der Waals surface area contributed by atoms with Crippen LogP contribution >= 0.6 is 11.3 Å². The van der Waals surface area contributed by atoms with Gasteiger partial charge in [0.1, 0.15) is 0 Å². The molecule has 0 radical (unpaired) electrons. The third-order valence-electron chi connectivity index (χ3n) is 2.95. The van der Waals surface area contributed by atoms with E-state index in [1.165, 1.54) is 12.1 Å². The van der Waals surface area contributed by atoms with Gasteiger partial charge in [-0.05, 0) is 24.2 Å². The largest absolute Gasteiger partial charge is 0.416 e. The second-order valence-corrected chi connectivity index (χ2v) is 5.34. The zero-order chi connectivity index (χ0) is 14.6. The quantitative estimate of drug-likeness (QED) is 0.901. The van der Waals surface area contributed by atoms with E-state index in [2.05, 4.69) is 10.3 Å². The van der Waals surface area contributed by atoms with Crippen LogP contribution in [0.1, 0.15) is 29.1 Å². The van der Waals surface area contributed by atoms with Crippen LogP contribution in [0.2, 0.25) is 0 Å². The van der Waals surface area contributed by atoms with E-state index in [9.17, 15) is 13.2 Å². The molecule has 0 bridgehead atoms. The summed E-state index contributed by atoms with van der Waals surface area (Å²) in [6.07, 6.45) is -1.88. The Hall–Kier alpha value is -1.40. The Balaban J connectivity index is 2.17. The van der Waals surface area contributed by atoms with Crippen molar-refractivity contribution >= 4 is 11.3 Å².